The Kier molecular flexibility index (Phi) is 5.37. The number of H-pyrrole nitrogens is 1. The molecule has 1 unspecified atom stereocenters. The molecule has 2 aromatic carbocycles. The number of hydrogen-bond donors (Lipinski definition) is 2. The minimum Gasteiger partial charge on any atom is -0.481 e. The number of carboxylic acids is 1. The molecule has 4 aromatic rings. The lowest BCUT2D eigenvalue weighted by atomic mass is 10.0. The van der Waals surface area contributed by atoms with Crippen molar-refractivity contribution in [3.8, 4) is 0 Å². The number of hydrogen-bond acceptors (Lipinski definition) is 6. The molecule has 0 aliphatic carbocycles. The molecule has 0 saturated heterocycles. The van der Waals surface area contributed by atoms with Gasteiger partial charge in [-0.3, -0.25) is 19.5 Å². The number of aromatic amines is 1. The number of carboxylic acid groups (broad SMARTS) is 1. The number of nitrogens with zero attached hydrogens (tertiary/aromatic N) is 3. The van der Waals surface area contributed by atoms with E-state index >= 15 is 0 Å². The molecule has 0 spiro atoms. The molecule has 0 radical (unpaired) electrons. The number of aromatic nitrogens is 4. The summed E-state index contributed by atoms with van der Waals surface area (Å²) in [5, 5.41) is 20.8. The normalized spacial score (nSPS) is 12.3. The van der Waals surface area contributed by atoms with Crippen molar-refractivity contribution in [3.63, 3.8) is 0 Å². The smallest absolute Gasteiger partial charge is 0.313 e. The van der Waals surface area contributed by atoms with Crippen molar-refractivity contribution in [1.82, 2.24) is 19.8 Å². The van der Waals surface area contributed by atoms with Crippen LogP contribution in [0.3, 0.4) is 0 Å². The SMILES string of the molecule is Cc1ccc(C(=O)CC(SCC(=O)O)c2nnc3c4ccccc4c(=O)[nH]n23)cc1. The number of Topliss-reactive ketones (excluding diaryl/α,β-unsaturated/α-hetero) is 1. The molecule has 30 heavy (non-hydrogen) atoms. The lowest BCUT2D eigenvalue weighted by molar-refractivity contribution is -0.133. The number of aryl methyl sites for hydroxylation is 1. The third kappa shape index (κ3) is 3.84. The van der Waals surface area contributed by atoms with Crippen LogP contribution < -0.4 is 5.56 Å². The minimum atomic E-state index is -0.999. The first-order valence-corrected chi connectivity index (χ1v) is 10.3. The Hall–Kier alpha value is -3.46. The Morgan fingerprint density at radius 2 is 1.80 bits per heavy atom. The van der Waals surface area contributed by atoms with E-state index in [9.17, 15) is 14.4 Å². The number of carbonyl (C=O) groups excluding carboxylic acids is 1. The van der Waals surface area contributed by atoms with Crippen molar-refractivity contribution in [2.75, 3.05) is 5.75 Å². The highest BCUT2D eigenvalue weighted by Crippen LogP contribution is 2.32. The van der Waals surface area contributed by atoms with Crippen LogP contribution in [-0.2, 0) is 4.79 Å². The first-order chi connectivity index (χ1) is 14.4. The van der Waals surface area contributed by atoms with Crippen molar-refractivity contribution in [1.29, 1.82) is 0 Å². The quantitative estimate of drug-likeness (QED) is 0.440. The van der Waals surface area contributed by atoms with Gasteiger partial charge in [0.25, 0.3) is 5.56 Å². The van der Waals surface area contributed by atoms with Gasteiger partial charge in [-0.05, 0) is 13.0 Å². The molecule has 0 aliphatic rings. The van der Waals surface area contributed by atoms with Gasteiger partial charge in [0, 0.05) is 17.4 Å². The molecule has 152 valence electrons. The van der Waals surface area contributed by atoms with Gasteiger partial charge in [0.05, 0.1) is 16.4 Å². The van der Waals surface area contributed by atoms with Crippen LogP contribution in [0.15, 0.2) is 53.3 Å². The fourth-order valence-electron chi connectivity index (χ4n) is 3.25. The summed E-state index contributed by atoms with van der Waals surface area (Å²) in [6, 6.07) is 14.2. The van der Waals surface area contributed by atoms with Crippen molar-refractivity contribution in [2.45, 2.75) is 18.6 Å². The molecule has 1 atom stereocenters. The van der Waals surface area contributed by atoms with E-state index in [-0.39, 0.29) is 23.5 Å². The summed E-state index contributed by atoms with van der Waals surface area (Å²) in [6.07, 6.45) is 0.0245. The maximum Gasteiger partial charge on any atom is 0.313 e. The van der Waals surface area contributed by atoms with E-state index in [0.29, 0.717) is 27.8 Å². The second kappa shape index (κ2) is 8.11. The molecule has 0 aliphatic heterocycles. The number of carbonyl (C=O) groups is 2. The Labute approximate surface area is 174 Å². The second-order valence-electron chi connectivity index (χ2n) is 6.89. The van der Waals surface area contributed by atoms with Crippen LogP contribution in [-0.4, -0.2) is 42.4 Å². The topological polar surface area (TPSA) is 117 Å². The van der Waals surface area contributed by atoms with Crippen LogP contribution in [0.1, 0.15) is 33.4 Å². The Bertz CT molecular complexity index is 1310. The third-order valence-electron chi connectivity index (χ3n) is 4.75. The second-order valence-corrected chi connectivity index (χ2v) is 8.08. The standard InChI is InChI=1S/C21H18N4O4S/c1-12-6-8-13(9-7-12)16(26)10-17(30-11-18(27)28)20-23-22-19-14-4-2-3-5-15(14)21(29)24-25(19)20/h2-9,17H,10-11H2,1H3,(H,24,29)(H,27,28). The van der Waals surface area contributed by atoms with Crippen molar-refractivity contribution < 1.29 is 14.7 Å². The third-order valence-corrected chi connectivity index (χ3v) is 5.95. The van der Waals surface area contributed by atoms with Crippen LogP contribution >= 0.6 is 11.8 Å². The molecule has 0 saturated carbocycles. The number of thioether (sulfide) groups is 1. The van der Waals surface area contributed by atoms with E-state index < -0.39 is 11.2 Å². The lowest BCUT2D eigenvalue weighted by Crippen LogP contribution is -2.16. The number of nitrogens with one attached hydrogen (secondary N) is 1. The maximum atomic E-state index is 12.8. The Morgan fingerprint density at radius 3 is 2.50 bits per heavy atom. The van der Waals surface area contributed by atoms with Gasteiger partial charge in [0.1, 0.15) is 0 Å². The molecular weight excluding hydrogens is 404 g/mol. The van der Waals surface area contributed by atoms with E-state index in [4.69, 9.17) is 5.11 Å². The summed E-state index contributed by atoms with van der Waals surface area (Å²) in [5.74, 6) is -1.02. The van der Waals surface area contributed by atoms with E-state index in [1.165, 1.54) is 4.52 Å². The van der Waals surface area contributed by atoms with Crippen molar-refractivity contribution >= 4 is 39.9 Å². The van der Waals surface area contributed by atoms with Gasteiger partial charge in [0.2, 0.25) is 0 Å². The number of ketones is 1. The Morgan fingerprint density at radius 1 is 1.10 bits per heavy atom. The average Bonchev–Trinajstić information content (AvgIpc) is 3.15. The van der Waals surface area contributed by atoms with Gasteiger partial charge in [-0.25, -0.2) is 4.52 Å². The highest BCUT2D eigenvalue weighted by molar-refractivity contribution is 8.00. The van der Waals surface area contributed by atoms with Gasteiger partial charge < -0.3 is 5.11 Å². The monoisotopic (exact) mass is 422 g/mol. The summed E-state index contributed by atoms with van der Waals surface area (Å²) in [7, 11) is 0. The highest BCUT2D eigenvalue weighted by atomic mass is 32.2. The van der Waals surface area contributed by atoms with Gasteiger partial charge in [-0.2, -0.15) is 0 Å². The predicted octanol–water partition coefficient (Wildman–Crippen LogP) is 3.01. The summed E-state index contributed by atoms with van der Waals surface area (Å²) in [6.45, 7) is 1.93. The van der Waals surface area contributed by atoms with Gasteiger partial charge in [0.15, 0.2) is 17.3 Å². The summed E-state index contributed by atoms with van der Waals surface area (Å²) < 4.78 is 1.45. The van der Waals surface area contributed by atoms with Crippen LogP contribution in [0.5, 0.6) is 0 Å². The number of rotatable bonds is 7. The number of aliphatic carboxylic acids is 1. The zero-order valence-electron chi connectivity index (χ0n) is 16.0. The van der Waals surface area contributed by atoms with E-state index in [1.54, 1.807) is 36.4 Å². The van der Waals surface area contributed by atoms with Crippen LogP contribution in [0.25, 0.3) is 16.4 Å². The molecular formula is C21H18N4O4S. The molecule has 2 aromatic heterocycles. The summed E-state index contributed by atoms with van der Waals surface area (Å²) in [4.78, 5) is 36.5. The highest BCUT2D eigenvalue weighted by Gasteiger charge is 2.25. The summed E-state index contributed by atoms with van der Waals surface area (Å²) in [5.41, 5.74) is 1.71. The van der Waals surface area contributed by atoms with Crippen LogP contribution in [0.4, 0.5) is 0 Å². The fraction of sp³-hybridized carbons (Fsp3) is 0.190. The molecule has 4 rings (SSSR count). The Balaban J connectivity index is 1.76. The lowest BCUT2D eigenvalue weighted by Gasteiger charge is -2.14. The zero-order valence-corrected chi connectivity index (χ0v) is 16.8. The van der Waals surface area contributed by atoms with Gasteiger partial charge >= 0.3 is 5.97 Å². The largest absolute Gasteiger partial charge is 0.481 e. The first kappa shape index (κ1) is 19.8. The molecule has 2 N–H and O–H groups in total. The molecule has 2 heterocycles. The molecule has 0 fully saturated rings. The van der Waals surface area contributed by atoms with Gasteiger partial charge in [-0.15, -0.1) is 22.0 Å². The van der Waals surface area contributed by atoms with Crippen molar-refractivity contribution in [2.24, 2.45) is 0 Å². The molecule has 9 heteroatoms. The molecule has 0 bridgehead atoms. The van der Waals surface area contributed by atoms with E-state index in [2.05, 4.69) is 15.3 Å². The van der Waals surface area contributed by atoms with Crippen LogP contribution in [0.2, 0.25) is 0 Å². The maximum absolute atomic E-state index is 12.8. The van der Waals surface area contributed by atoms with Crippen LogP contribution in [0, 0.1) is 6.92 Å². The summed E-state index contributed by atoms with van der Waals surface area (Å²) >= 11 is 1.07. The van der Waals surface area contributed by atoms with E-state index in [0.717, 1.165) is 17.3 Å². The minimum absolute atomic E-state index is 0.0245. The fourth-order valence-corrected chi connectivity index (χ4v) is 4.16. The molecule has 8 nitrogen and oxygen atoms in total. The number of fused-ring (bicyclic) bond motifs is 3. The first-order valence-electron chi connectivity index (χ1n) is 9.23. The zero-order chi connectivity index (χ0) is 21.3. The average molecular weight is 422 g/mol. The molecule has 0 amide bonds. The predicted molar refractivity (Wildman–Crippen MR) is 114 cm³/mol. The van der Waals surface area contributed by atoms with E-state index in [1.807, 2.05) is 19.1 Å². The van der Waals surface area contributed by atoms with Gasteiger partial charge in [-0.1, -0.05) is 48.0 Å². The number of benzene rings is 2. The van der Waals surface area contributed by atoms with Crippen molar-refractivity contribution in [3.05, 3.63) is 75.8 Å².